The predicted octanol–water partition coefficient (Wildman–Crippen LogP) is 3.99. The van der Waals surface area contributed by atoms with Crippen LogP contribution < -0.4 is 14.8 Å². The number of thioether (sulfide) groups is 1. The number of amidine groups is 1. The van der Waals surface area contributed by atoms with Gasteiger partial charge in [0.2, 0.25) is 5.91 Å². The summed E-state index contributed by atoms with van der Waals surface area (Å²) in [4.78, 5) is 37.0. The monoisotopic (exact) mass is 522 g/mol. The van der Waals surface area contributed by atoms with E-state index < -0.39 is 12.0 Å². The lowest BCUT2D eigenvalue weighted by molar-refractivity contribution is -0.139. The van der Waals surface area contributed by atoms with Crippen LogP contribution >= 0.6 is 11.8 Å². The zero-order valence-electron chi connectivity index (χ0n) is 21.3. The van der Waals surface area contributed by atoms with Crippen molar-refractivity contribution in [1.82, 2.24) is 15.2 Å². The quantitative estimate of drug-likeness (QED) is 0.468. The third kappa shape index (κ3) is 5.80. The zero-order chi connectivity index (χ0) is 26.4. The van der Waals surface area contributed by atoms with Crippen molar-refractivity contribution in [1.29, 1.82) is 0 Å². The molecule has 4 rings (SSSR count). The largest absolute Gasteiger partial charge is 0.497 e. The number of fused-ring (bicyclic) bond motifs is 1. The maximum Gasteiger partial charge on any atom is 0.338 e. The van der Waals surface area contributed by atoms with Crippen molar-refractivity contribution in [3.63, 3.8) is 0 Å². The summed E-state index contributed by atoms with van der Waals surface area (Å²) in [7, 11) is 3.16. The first kappa shape index (κ1) is 26.3. The Kier molecular flexibility index (Phi) is 8.50. The van der Waals surface area contributed by atoms with Gasteiger partial charge in [0.05, 0.1) is 44.6 Å². The summed E-state index contributed by atoms with van der Waals surface area (Å²) in [5.74, 6) is 0.598. The molecule has 1 N–H and O–H groups in total. The van der Waals surface area contributed by atoms with E-state index >= 15 is 0 Å². The Balaban J connectivity index is 1.63. The molecule has 0 spiro atoms. The summed E-state index contributed by atoms with van der Waals surface area (Å²) in [6, 6.07) is 10.5. The Bertz CT molecular complexity index is 1260. The number of amides is 1. The molecule has 3 heterocycles. The van der Waals surface area contributed by atoms with E-state index in [2.05, 4.69) is 15.3 Å². The summed E-state index contributed by atoms with van der Waals surface area (Å²) in [6.45, 7) is 4.25. The molecule has 0 saturated carbocycles. The van der Waals surface area contributed by atoms with Crippen LogP contribution in [0.3, 0.4) is 0 Å². The summed E-state index contributed by atoms with van der Waals surface area (Å²) < 4.78 is 16.6. The van der Waals surface area contributed by atoms with Crippen molar-refractivity contribution >= 4 is 28.8 Å². The number of hydrogen-bond acceptors (Lipinski definition) is 9. The highest BCUT2D eigenvalue weighted by atomic mass is 32.2. The molecule has 10 heteroatoms. The van der Waals surface area contributed by atoms with Crippen LogP contribution in [-0.4, -0.2) is 54.3 Å². The van der Waals surface area contributed by atoms with Gasteiger partial charge in [0.25, 0.3) is 0 Å². The van der Waals surface area contributed by atoms with E-state index in [1.165, 1.54) is 11.8 Å². The molecule has 1 amide bonds. The minimum atomic E-state index is -0.612. The second-order valence-electron chi connectivity index (χ2n) is 8.32. The van der Waals surface area contributed by atoms with Crippen LogP contribution in [0.4, 0.5) is 0 Å². The number of aromatic nitrogens is 1. The molecular formula is C27H30N4O5S. The maximum atomic E-state index is 13.2. The third-order valence-corrected chi connectivity index (χ3v) is 6.89. The average molecular weight is 523 g/mol. The number of pyridine rings is 1. The Morgan fingerprint density at radius 1 is 1.16 bits per heavy atom. The molecule has 9 nitrogen and oxygen atoms in total. The number of carbonyl (C=O) groups excluding carboxylic acids is 2. The molecule has 0 saturated heterocycles. The Labute approximate surface area is 220 Å². The number of ether oxygens (including phenoxy) is 3. The molecule has 0 bridgehead atoms. The van der Waals surface area contributed by atoms with Crippen molar-refractivity contribution in [3.8, 4) is 11.5 Å². The zero-order valence-corrected chi connectivity index (χ0v) is 22.1. The van der Waals surface area contributed by atoms with E-state index in [0.29, 0.717) is 46.5 Å². The summed E-state index contributed by atoms with van der Waals surface area (Å²) in [5, 5.41) is 5.55. The van der Waals surface area contributed by atoms with Crippen molar-refractivity contribution in [2.75, 3.05) is 27.4 Å². The van der Waals surface area contributed by atoms with Crippen molar-refractivity contribution in [3.05, 3.63) is 76.2 Å². The standard InChI is InChI=1S/C27H30N4O5S/c1-5-36-26(33)24-17(2)30-27-31(25(24)21-15-20(34-3)9-10-22(21)35-4)19(16-37-27)14-23(32)29-13-11-18-8-6-7-12-28-18/h6-10,12,15-16,25H,5,11,13-14H2,1-4H3,(H,29,32)/t25-/m0/s1. The van der Waals surface area contributed by atoms with E-state index in [4.69, 9.17) is 14.2 Å². The minimum absolute atomic E-state index is 0.117. The molecule has 0 aliphatic carbocycles. The summed E-state index contributed by atoms with van der Waals surface area (Å²) in [6.07, 6.45) is 2.49. The van der Waals surface area contributed by atoms with Crippen LogP contribution in [0.5, 0.6) is 11.5 Å². The van der Waals surface area contributed by atoms with Crippen LogP contribution in [0, 0.1) is 0 Å². The Morgan fingerprint density at radius 3 is 2.70 bits per heavy atom. The average Bonchev–Trinajstić information content (AvgIpc) is 3.29. The lowest BCUT2D eigenvalue weighted by Gasteiger charge is -2.36. The number of carbonyl (C=O) groups is 2. The van der Waals surface area contributed by atoms with Gasteiger partial charge in [-0.1, -0.05) is 17.8 Å². The van der Waals surface area contributed by atoms with Crippen molar-refractivity contribution < 1.29 is 23.8 Å². The highest BCUT2D eigenvalue weighted by molar-refractivity contribution is 8.16. The molecule has 1 aromatic carbocycles. The van der Waals surface area contributed by atoms with E-state index in [0.717, 1.165) is 11.4 Å². The number of methoxy groups -OCH3 is 2. The van der Waals surface area contributed by atoms with Gasteiger partial charge in [-0.15, -0.1) is 0 Å². The molecule has 2 aromatic rings. The molecule has 0 unspecified atom stereocenters. The Hall–Kier alpha value is -3.79. The second kappa shape index (κ2) is 12.0. The SMILES string of the molecule is CCOC(=O)C1=C(C)N=C2SC=C(CC(=O)NCCc3ccccn3)N2[C@H]1c1cc(OC)ccc1OC. The number of nitrogens with one attached hydrogen (secondary N) is 1. The molecule has 194 valence electrons. The fourth-order valence-corrected chi connectivity index (χ4v) is 5.25. The summed E-state index contributed by atoms with van der Waals surface area (Å²) in [5.41, 5.74) is 3.29. The van der Waals surface area contributed by atoms with Crippen LogP contribution in [0.15, 0.2) is 70.0 Å². The predicted molar refractivity (Wildman–Crippen MR) is 142 cm³/mol. The van der Waals surface area contributed by atoms with Crippen LogP contribution in [-0.2, 0) is 20.7 Å². The maximum absolute atomic E-state index is 13.2. The number of aliphatic imine (C=N–C) groups is 1. The minimum Gasteiger partial charge on any atom is -0.497 e. The molecule has 1 aromatic heterocycles. The fourth-order valence-electron chi connectivity index (χ4n) is 4.29. The lowest BCUT2D eigenvalue weighted by atomic mass is 9.92. The van der Waals surface area contributed by atoms with Crippen molar-refractivity contribution in [2.24, 2.45) is 4.99 Å². The topological polar surface area (TPSA) is 102 Å². The van der Waals surface area contributed by atoms with Crippen molar-refractivity contribution in [2.45, 2.75) is 32.7 Å². The Morgan fingerprint density at radius 2 is 2.00 bits per heavy atom. The van der Waals surface area contributed by atoms with Gasteiger partial charge in [-0.2, -0.15) is 0 Å². The molecule has 0 fully saturated rings. The highest BCUT2D eigenvalue weighted by Gasteiger charge is 2.42. The normalized spacial score (nSPS) is 16.5. The van der Waals surface area contributed by atoms with E-state index in [1.807, 2.05) is 34.6 Å². The van der Waals surface area contributed by atoms with E-state index in [9.17, 15) is 9.59 Å². The third-order valence-electron chi connectivity index (χ3n) is 6.00. The van der Waals surface area contributed by atoms with Gasteiger partial charge < -0.3 is 24.4 Å². The van der Waals surface area contributed by atoms with Crippen LogP contribution in [0.25, 0.3) is 0 Å². The fraction of sp³-hybridized carbons (Fsp3) is 0.333. The highest BCUT2D eigenvalue weighted by Crippen LogP contribution is 2.47. The number of nitrogens with zero attached hydrogens (tertiary/aromatic N) is 3. The lowest BCUT2D eigenvalue weighted by Crippen LogP contribution is -2.38. The molecule has 2 aliphatic heterocycles. The molecule has 0 radical (unpaired) electrons. The number of esters is 1. The summed E-state index contributed by atoms with van der Waals surface area (Å²) >= 11 is 1.42. The number of allylic oxidation sites excluding steroid dienone is 1. The molecule has 1 atom stereocenters. The first-order valence-electron chi connectivity index (χ1n) is 12.0. The first-order chi connectivity index (χ1) is 18.0. The number of rotatable bonds is 10. The first-order valence-corrected chi connectivity index (χ1v) is 12.8. The molecular weight excluding hydrogens is 492 g/mol. The van der Waals surface area contributed by atoms with Crippen LogP contribution in [0.1, 0.15) is 37.6 Å². The molecule has 2 aliphatic rings. The van der Waals surface area contributed by atoms with E-state index in [1.54, 1.807) is 46.4 Å². The van der Waals surface area contributed by atoms with Gasteiger partial charge in [-0.05, 0) is 49.6 Å². The number of benzene rings is 1. The van der Waals surface area contributed by atoms with Gasteiger partial charge in [0.15, 0.2) is 5.17 Å². The van der Waals surface area contributed by atoms with Gasteiger partial charge in [0.1, 0.15) is 11.5 Å². The van der Waals surface area contributed by atoms with Gasteiger partial charge >= 0.3 is 5.97 Å². The van der Waals surface area contributed by atoms with Crippen LogP contribution in [0.2, 0.25) is 0 Å². The number of hydrogen-bond donors (Lipinski definition) is 1. The second-order valence-corrected chi connectivity index (χ2v) is 9.16. The van der Waals surface area contributed by atoms with E-state index in [-0.39, 0.29) is 18.9 Å². The van der Waals surface area contributed by atoms with Gasteiger partial charge in [-0.25, -0.2) is 9.79 Å². The smallest absolute Gasteiger partial charge is 0.338 e. The van der Waals surface area contributed by atoms with Gasteiger partial charge in [0, 0.05) is 36.1 Å². The molecule has 37 heavy (non-hydrogen) atoms. The van der Waals surface area contributed by atoms with Gasteiger partial charge in [-0.3, -0.25) is 9.78 Å².